The largest absolute Gasteiger partial charge is 0.257 e. The van der Waals surface area contributed by atoms with Crippen LogP contribution in [0.4, 0.5) is 0 Å². The number of allylic oxidation sites excluding steroid dienone is 4. The number of rotatable bonds is 19. The Morgan fingerprint density at radius 3 is 1.54 bits per heavy atom. The van der Waals surface area contributed by atoms with E-state index in [1.54, 1.807) is 0 Å². The van der Waals surface area contributed by atoms with Crippen molar-refractivity contribution in [1.82, 2.24) is 5.32 Å². The zero-order valence-electron chi connectivity index (χ0n) is 17.6. The van der Waals surface area contributed by atoms with Crippen LogP contribution in [0.3, 0.4) is 0 Å². The van der Waals surface area contributed by atoms with Crippen molar-refractivity contribution in [2.45, 2.75) is 122 Å². The minimum Gasteiger partial charge on any atom is -0.257 e. The highest BCUT2D eigenvalue weighted by Crippen LogP contribution is 2.14. The van der Waals surface area contributed by atoms with Gasteiger partial charge in [0, 0.05) is 6.20 Å². The topological polar surface area (TPSA) is 14.1 Å². The predicted octanol–water partition coefficient (Wildman–Crippen LogP) is 8.60. The molecule has 0 N–H and O–H groups in total. The van der Waals surface area contributed by atoms with Crippen LogP contribution in [-0.4, -0.2) is 0 Å². The van der Waals surface area contributed by atoms with Gasteiger partial charge in [0.25, 0.3) is 0 Å². The molecular weight excluding hydrogens is 314 g/mol. The number of hydrogen-bond donors (Lipinski definition) is 0. The third kappa shape index (κ3) is 15.3. The first-order valence-corrected chi connectivity index (χ1v) is 11.7. The molecule has 149 valence electrons. The van der Waals surface area contributed by atoms with Gasteiger partial charge < -0.3 is 0 Å². The molecule has 1 aliphatic heterocycles. The number of hydrogen-bond acceptors (Lipinski definition) is 0. The van der Waals surface area contributed by atoms with Gasteiger partial charge >= 0.3 is 0 Å². The molecule has 0 aliphatic carbocycles. The van der Waals surface area contributed by atoms with Gasteiger partial charge in [-0.2, -0.15) is 0 Å². The monoisotopic (exact) mass is 358 g/mol. The smallest absolute Gasteiger partial charge is 0.0626 e. The fourth-order valence-corrected chi connectivity index (χ4v) is 3.60. The molecular formula is C25H44N. The van der Waals surface area contributed by atoms with Crippen molar-refractivity contribution in [3.05, 3.63) is 36.2 Å². The lowest BCUT2D eigenvalue weighted by molar-refractivity contribution is 0.527. The molecule has 0 bridgehead atoms. The zero-order chi connectivity index (χ0) is 18.5. The van der Waals surface area contributed by atoms with E-state index in [1.807, 2.05) is 12.3 Å². The van der Waals surface area contributed by atoms with Gasteiger partial charge in [-0.3, -0.25) is 5.32 Å². The van der Waals surface area contributed by atoms with E-state index in [9.17, 15) is 0 Å². The Labute approximate surface area is 164 Å². The molecule has 0 saturated carbocycles. The summed E-state index contributed by atoms with van der Waals surface area (Å²) < 4.78 is 0. The van der Waals surface area contributed by atoms with Crippen LogP contribution >= 0.6 is 0 Å². The molecule has 0 fully saturated rings. The number of unbranched alkanes of at least 4 members (excludes halogenated alkanes) is 17. The van der Waals surface area contributed by atoms with Crippen molar-refractivity contribution < 1.29 is 0 Å². The minimum absolute atomic E-state index is 1.09. The van der Waals surface area contributed by atoms with Crippen LogP contribution in [-0.2, 0) is 0 Å². The van der Waals surface area contributed by atoms with Gasteiger partial charge in [0.2, 0.25) is 0 Å². The molecule has 1 heterocycles. The summed E-state index contributed by atoms with van der Waals surface area (Å²) in [7, 11) is 0. The second-order valence-electron chi connectivity index (χ2n) is 7.91. The lowest BCUT2D eigenvalue weighted by Crippen LogP contribution is -1.86. The van der Waals surface area contributed by atoms with Crippen LogP contribution < -0.4 is 5.32 Å². The Balaban J connectivity index is 1.67. The lowest BCUT2D eigenvalue weighted by atomic mass is 10.0. The summed E-state index contributed by atoms with van der Waals surface area (Å²) in [5.41, 5.74) is 1.09. The quantitative estimate of drug-likeness (QED) is 0.205. The molecule has 0 saturated heterocycles. The van der Waals surface area contributed by atoms with Crippen molar-refractivity contribution >= 4 is 0 Å². The standard InChI is InChI=1S/C25H44N/c1-2-3-4-5-6-7-8-9-10-11-12-13-14-15-16-17-18-19-20-22-25-23-21-24-26-25/h20-24H,2-19H2,1H3/b22-20+. The van der Waals surface area contributed by atoms with Crippen LogP contribution in [0.5, 0.6) is 0 Å². The Morgan fingerprint density at radius 2 is 1.12 bits per heavy atom. The Kier molecular flexibility index (Phi) is 16.7. The minimum atomic E-state index is 1.09. The number of nitrogens with zero attached hydrogens (tertiary/aromatic N) is 1. The van der Waals surface area contributed by atoms with E-state index in [0.717, 1.165) is 5.70 Å². The summed E-state index contributed by atoms with van der Waals surface area (Å²) in [6, 6.07) is 0. The van der Waals surface area contributed by atoms with Crippen LogP contribution in [0.2, 0.25) is 0 Å². The molecule has 0 atom stereocenters. The molecule has 0 aromatic rings. The highest BCUT2D eigenvalue weighted by molar-refractivity contribution is 5.28. The van der Waals surface area contributed by atoms with Crippen LogP contribution in [0.15, 0.2) is 36.2 Å². The third-order valence-electron chi connectivity index (χ3n) is 5.34. The van der Waals surface area contributed by atoms with E-state index < -0.39 is 0 Å². The molecule has 0 unspecified atom stereocenters. The van der Waals surface area contributed by atoms with Gasteiger partial charge in [0.05, 0.1) is 5.70 Å². The Hall–Kier alpha value is -0.980. The highest BCUT2D eigenvalue weighted by Gasteiger charge is 1.95. The van der Waals surface area contributed by atoms with Crippen molar-refractivity contribution in [2.24, 2.45) is 0 Å². The summed E-state index contributed by atoms with van der Waals surface area (Å²) in [6.07, 6.45) is 36.0. The molecule has 0 aromatic carbocycles. The van der Waals surface area contributed by atoms with Gasteiger partial charge in [0.1, 0.15) is 0 Å². The first-order chi connectivity index (χ1) is 12.9. The molecule has 1 heteroatoms. The van der Waals surface area contributed by atoms with E-state index in [0.29, 0.717) is 0 Å². The summed E-state index contributed by atoms with van der Waals surface area (Å²) in [5, 5.41) is 4.25. The fourth-order valence-electron chi connectivity index (χ4n) is 3.60. The average Bonchev–Trinajstić information content (AvgIpc) is 3.17. The van der Waals surface area contributed by atoms with E-state index in [4.69, 9.17) is 0 Å². The van der Waals surface area contributed by atoms with Crippen molar-refractivity contribution in [3.63, 3.8) is 0 Å². The molecule has 26 heavy (non-hydrogen) atoms. The molecule has 0 spiro atoms. The normalized spacial score (nSPS) is 13.5. The molecule has 0 amide bonds. The van der Waals surface area contributed by atoms with E-state index in [-0.39, 0.29) is 0 Å². The Morgan fingerprint density at radius 1 is 0.654 bits per heavy atom. The maximum Gasteiger partial charge on any atom is 0.0626 e. The maximum absolute atomic E-state index is 4.25. The summed E-state index contributed by atoms with van der Waals surface area (Å²) in [4.78, 5) is 0. The van der Waals surface area contributed by atoms with E-state index in [2.05, 4.69) is 30.5 Å². The second kappa shape index (κ2) is 18.8. The average molecular weight is 359 g/mol. The summed E-state index contributed by atoms with van der Waals surface area (Å²) in [5.74, 6) is 0. The van der Waals surface area contributed by atoms with Gasteiger partial charge in [-0.25, -0.2) is 0 Å². The first kappa shape index (κ1) is 23.1. The lowest BCUT2D eigenvalue weighted by Gasteiger charge is -2.03. The molecule has 1 nitrogen and oxygen atoms in total. The van der Waals surface area contributed by atoms with Crippen LogP contribution in [0.1, 0.15) is 122 Å². The van der Waals surface area contributed by atoms with Gasteiger partial charge in [0.15, 0.2) is 0 Å². The Bertz CT molecular complexity index is 378. The summed E-state index contributed by atoms with van der Waals surface area (Å²) >= 11 is 0. The predicted molar refractivity (Wildman–Crippen MR) is 117 cm³/mol. The highest BCUT2D eigenvalue weighted by atomic mass is 14.9. The molecule has 1 rings (SSSR count). The molecule has 1 aliphatic rings. The fraction of sp³-hybridized carbons (Fsp3) is 0.760. The van der Waals surface area contributed by atoms with Crippen molar-refractivity contribution in [2.75, 3.05) is 0 Å². The van der Waals surface area contributed by atoms with Crippen LogP contribution in [0.25, 0.3) is 0 Å². The summed E-state index contributed by atoms with van der Waals surface area (Å²) in [6.45, 7) is 2.30. The SMILES string of the molecule is CCCCCCCCCCCCCCCCCCC/C=C/C1=CC=C[N]1. The van der Waals surface area contributed by atoms with Crippen molar-refractivity contribution in [1.29, 1.82) is 0 Å². The van der Waals surface area contributed by atoms with Gasteiger partial charge in [-0.15, -0.1) is 0 Å². The zero-order valence-corrected chi connectivity index (χ0v) is 17.6. The molecule has 0 aromatic heterocycles. The van der Waals surface area contributed by atoms with Crippen molar-refractivity contribution in [3.8, 4) is 0 Å². The van der Waals surface area contributed by atoms with Gasteiger partial charge in [-0.05, 0) is 31.1 Å². The maximum atomic E-state index is 4.25. The molecule has 1 radical (unpaired) electrons. The first-order valence-electron chi connectivity index (χ1n) is 11.7. The van der Waals surface area contributed by atoms with Crippen LogP contribution in [0, 0.1) is 0 Å². The third-order valence-corrected chi connectivity index (χ3v) is 5.34. The van der Waals surface area contributed by atoms with E-state index >= 15 is 0 Å². The van der Waals surface area contributed by atoms with Gasteiger partial charge in [-0.1, -0.05) is 116 Å². The van der Waals surface area contributed by atoms with E-state index in [1.165, 1.54) is 116 Å². The second-order valence-corrected chi connectivity index (χ2v) is 7.91.